The van der Waals surface area contributed by atoms with E-state index in [1.54, 1.807) is 26.2 Å². The quantitative estimate of drug-likeness (QED) is 0.855. The molecule has 0 spiro atoms. The Hall–Kier alpha value is -1.59. The number of piperidine rings is 1. The van der Waals surface area contributed by atoms with Crippen molar-refractivity contribution in [2.45, 2.75) is 26.2 Å². The van der Waals surface area contributed by atoms with E-state index in [4.69, 9.17) is 0 Å². The van der Waals surface area contributed by atoms with E-state index < -0.39 is 0 Å². The lowest BCUT2D eigenvalue weighted by Crippen LogP contribution is -2.34. The molecule has 0 aliphatic carbocycles. The van der Waals surface area contributed by atoms with Gasteiger partial charge in [-0.25, -0.2) is 0 Å². The zero-order chi connectivity index (χ0) is 16.8. The van der Waals surface area contributed by atoms with Crippen molar-refractivity contribution in [1.29, 1.82) is 0 Å². The highest BCUT2D eigenvalue weighted by Crippen LogP contribution is 2.24. The van der Waals surface area contributed by atoms with Crippen molar-refractivity contribution in [2.24, 2.45) is 11.8 Å². The van der Waals surface area contributed by atoms with Gasteiger partial charge in [0.15, 0.2) is 0 Å². The van der Waals surface area contributed by atoms with Gasteiger partial charge >= 0.3 is 0 Å². The molecule has 2 unspecified atom stereocenters. The molecule has 134 valence electrons. The number of nitrogens with one attached hydrogen (secondary N) is 2. The zero-order valence-electron chi connectivity index (χ0n) is 14.7. The van der Waals surface area contributed by atoms with Gasteiger partial charge in [0, 0.05) is 20.5 Å². The number of halogens is 1. The standard InChI is InChI=1S/C18H27N3O2.ClH/c1-13(14-7-6-10-19-12-14)11-17(22)20-16-9-5-4-8-15(16)18(23)21(2)3;/h4-5,8-9,13-14,19H,6-7,10-12H2,1-3H3,(H,20,22);1H. The van der Waals surface area contributed by atoms with Crippen LogP contribution in [0.25, 0.3) is 0 Å². The van der Waals surface area contributed by atoms with E-state index >= 15 is 0 Å². The molecule has 1 saturated heterocycles. The molecule has 2 atom stereocenters. The summed E-state index contributed by atoms with van der Waals surface area (Å²) in [6.45, 7) is 4.20. The summed E-state index contributed by atoms with van der Waals surface area (Å²) < 4.78 is 0. The van der Waals surface area contributed by atoms with Crippen LogP contribution < -0.4 is 10.6 Å². The molecule has 0 aromatic heterocycles. The number of nitrogens with zero attached hydrogens (tertiary/aromatic N) is 1. The fourth-order valence-corrected chi connectivity index (χ4v) is 3.04. The van der Waals surface area contributed by atoms with Crippen molar-refractivity contribution in [3.05, 3.63) is 29.8 Å². The number of amides is 2. The van der Waals surface area contributed by atoms with E-state index in [0.29, 0.717) is 29.5 Å². The number of para-hydroxylation sites is 1. The first-order valence-corrected chi connectivity index (χ1v) is 8.30. The predicted octanol–water partition coefficient (Wildman–Crippen LogP) is 2.77. The number of carbonyl (C=O) groups is 2. The molecule has 0 bridgehead atoms. The Morgan fingerprint density at radius 1 is 1.33 bits per heavy atom. The van der Waals surface area contributed by atoms with Crippen LogP contribution >= 0.6 is 12.4 Å². The van der Waals surface area contributed by atoms with Gasteiger partial charge in [-0.2, -0.15) is 0 Å². The van der Waals surface area contributed by atoms with Crippen molar-refractivity contribution in [3.8, 4) is 0 Å². The van der Waals surface area contributed by atoms with Gasteiger partial charge in [0.05, 0.1) is 11.3 Å². The van der Waals surface area contributed by atoms with Crippen LogP contribution in [0.1, 0.15) is 36.5 Å². The summed E-state index contributed by atoms with van der Waals surface area (Å²) in [4.78, 5) is 26.1. The number of hydrogen-bond donors (Lipinski definition) is 2. The van der Waals surface area contributed by atoms with Crippen LogP contribution in [0.15, 0.2) is 24.3 Å². The maximum Gasteiger partial charge on any atom is 0.255 e. The molecule has 24 heavy (non-hydrogen) atoms. The van der Waals surface area contributed by atoms with Crippen LogP contribution in [-0.4, -0.2) is 43.9 Å². The van der Waals surface area contributed by atoms with Crippen molar-refractivity contribution < 1.29 is 9.59 Å². The number of anilines is 1. The molecule has 5 nitrogen and oxygen atoms in total. The molecule has 2 amide bonds. The smallest absolute Gasteiger partial charge is 0.255 e. The van der Waals surface area contributed by atoms with E-state index in [9.17, 15) is 9.59 Å². The minimum Gasteiger partial charge on any atom is -0.345 e. The van der Waals surface area contributed by atoms with Crippen LogP contribution in [-0.2, 0) is 4.79 Å². The number of hydrogen-bond acceptors (Lipinski definition) is 3. The summed E-state index contributed by atoms with van der Waals surface area (Å²) in [6.07, 6.45) is 2.84. The lowest BCUT2D eigenvalue weighted by atomic mass is 9.85. The lowest BCUT2D eigenvalue weighted by molar-refractivity contribution is -0.117. The van der Waals surface area contributed by atoms with Gasteiger partial charge in [-0.3, -0.25) is 9.59 Å². The molecule has 0 radical (unpaired) electrons. The van der Waals surface area contributed by atoms with Crippen molar-refractivity contribution in [2.75, 3.05) is 32.5 Å². The molecule has 1 aliphatic heterocycles. The van der Waals surface area contributed by atoms with Gasteiger partial charge in [-0.1, -0.05) is 19.1 Å². The number of rotatable bonds is 5. The number of carbonyl (C=O) groups excluding carboxylic acids is 2. The maximum absolute atomic E-state index is 12.4. The zero-order valence-corrected chi connectivity index (χ0v) is 15.5. The minimum atomic E-state index is -0.106. The van der Waals surface area contributed by atoms with E-state index in [0.717, 1.165) is 13.1 Å². The van der Waals surface area contributed by atoms with Gasteiger partial charge in [0.2, 0.25) is 5.91 Å². The molecule has 6 heteroatoms. The third-order valence-corrected chi connectivity index (χ3v) is 4.48. The SMILES string of the molecule is CC(CC(=O)Nc1ccccc1C(=O)N(C)C)C1CCCNC1.Cl. The van der Waals surface area contributed by atoms with Crippen LogP contribution in [0.4, 0.5) is 5.69 Å². The van der Waals surface area contributed by atoms with Gasteiger partial charge < -0.3 is 15.5 Å². The normalized spacial score (nSPS) is 18.2. The third kappa shape index (κ3) is 5.49. The lowest BCUT2D eigenvalue weighted by Gasteiger charge is -2.28. The van der Waals surface area contributed by atoms with Crippen molar-refractivity contribution >= 4 is 29.9 Å². The van der Waals surface area contributed by atoms with Crippen LogP contribution in [0.2, 0.25) is 0 Å². The Balaban J connectivity index is 0.00000288. The average Bonchev–Trinajstić information content (AvgIpc) is 2.55. The second kappa shape index (κ2) is 9.64. The summed E-state index contributed by atoms with van der Waals surface area (Å²) >= 11 is 0. The van der Waals surface area contributed by atoms with E-state index in [-0.39, 0.29) is 24.2 Å². The second-order valence-electron chi connectivity index (χ2n) is 6.58. The average molecular weight is 354 g/mol. The van der Waals surface area contributed by atoms with E-state index in [1.165, 1.54) is 17.7 Å². The molecular weight excluding hydrogens is 326 g/mol. The van der Waals surface area contributed by atoms with Crippen LogP contribution in [0.5, 0.6) is 0 Å². The Bertz CT molecular complexity index is 557. The largest absolute Gasteiger partial charge is 0.345 e. The van der Waals surface area contributed by atoms with E-state index in [2.05, 4.69) is 17.6 Å². The highest BCUT2D eigenvalue weighted by molar-refractivity contribution is 6.03. The highest BCUT2D eigenvalue weighted by atomic mass is 35.5. The molecule has 1 heterocycles. The van der Waals surface area contributed by atoms with Crippen LogP contribution in [0, 0.1) is 11.8 Å². The van der Waals surface area contributed by atoms with Gasteiger partial charge in [-0.15, -0.1) is 12.4 Å². The molecule has 2 N–H and O–H groups in total. The Labute approximate surface area is 150 Å². The van der Waals surface area contributed by atoms with Gasteiger partial charge in [0.1, 0.15) is 0 Å². The van der Waals surface area contributed by atoms with Gasteiger partial charge in [-0.05, 0) is 49.9 Å². The van der Waals surface area contributed by atoms with Gasteiger partial charge in [0.25, 0.3) is 5.91 Å². The summed E-state index contributed by atoms with van der Waals surface area (Å²) in [6, 6.07) is 7.16. The summed E-state index contributed by atoms with van der Waals surface area (Å²) in [5.41, 5.74) is 1.11. The maximum atomic E-state index is 12.4. The summed E-state index contributed by atoms with van der Waals surface area (Å²) in [5, 5.41) is 6.30. The molecule has 0 saturated carbocycles. The Morgan fingerprint density at radius 3 is 2.67 bits per heavy atom. The molecule has 1 aromatic rings. The summed E-state index contributed by atoms with van der Waals surface area (Å²) in [7, 11) is 3.41. The highest BCUT2D eigenvalue weighted by Gasteiger charge is 2.22. The first kappa shape index (κ1) is 20.5. The summed E-state index contributed by atoms with van der Waals surface area (Å²) in [5.74, 6) is 0.750. The molecule has 1 aliphatic rings. The fraction of sp³-hybridized carbons (Fsp3) is 0.556. The molecule has 2 rings (SSSR count). The fourth-order valence-electron chi connectivity index (χ4n) is 3.04. The Morgan fingerprint density at radius 2 is 2.04 bits per heavy atom. The third-order valence-electron chi connectivity index (χ3n) is 4.48. The monoisotopic (exact) mass is 353 g/mol. The first-order valence-electron chi connectivity index (χ1n) is 8.30. The minimum absolute atomic E-state index is 0. The first-order chi connectivity index (χ1) is 11.0. The Kier molecular flexibility index (Phi) is 8.22. The molecule has 1 aromatic carbocycles. The number of benzene rings is 1. The van der Waals surface area contributed by atoms with Crippen molar-refractivity contribution in [1.82, 2.24) is 10.2 Å². The predicted molar refractivity (Wildman–Crippen MR) is 99.7 cm³/mol. The second-order valence-corrected chi connectivity index (χ2v) is 6.58. The topological polar surface area (TPSA) is 61.4 Å². The molecule has 1 fully saturated rings. The van der Waals surface area contributed by atoms with Crippen LogP contribution in [0.3, 0.4) is 0 Å². The van der Waals surface area contributed by atoms with Crippen molar-refractivity contribution in [3.63, 3.8) is 0 Å². The van der Waals surface area contributed by atoms with E-state index in [1.807, 2.05) is 12.1 Å². The molecular formula is C18H28ClN3O2.